The minimum absolute atomic E-state index is 0.0552. The zero-order valence-corrected chi connectivity index (χ0v) is 26.5. The van der Waals surface area contributed by atoms with Crippen LogP contribution in [0.2, 0.25) is 5.02 Å². The molecule has 3 amide bonds. The van der Waals surface area contributed by atoms with Gasteiger partial charge in [0, 0.05) is 40.8 Å². The quantitative estimate of drug-likeness (QED) is 0.209. The first-order chi connectivity index (χ1) is 22.0. The van der Waals surface area contributed by atoms with Crippen molar-refractivity contribution in [3.63, 3.8) is 0 Å². The maximum absolute atomic E-state index is 14.7. The van der Waals surface area contributed by atoms with E-state index in [-0.39, 0.29) is 16.6 Å². The molecule has 1 aromatic heterocycles. The molecule has 0 bridgehead atoms. The summed E-state index contributed by atoms with van der Waals surface area (Å²) in [6.07, 6.45) is 2.62. The lowest BCUT2D eigenvalue weighted by Crippen LogP contribution is -2.46. The van der Waals surface area contributed by atoms with Gasteiger partial charge in [-0.3, -0.25) is 4.79 Å². The third-order valence-corrected chi connectivity index (χ3v) is 10.4. The predicted molar refractivity (Wildman–Crippen MR) is 175 cm³/mol. The van der Waals surface area contributed by atoms with E-state index in [9.17, 15) is 22.4 Å². The highest BCUT2D eigenvalue weighted by Crippen LogP contribution is 2.40. The SMILES string of the molecule is CN1CCc2c(n(-c3ccc(CC4(NC(=O)NS(=O)(=O)c5ccc(Cl)cc5)CC4)cc3)c3ccc(-c4ccccc4F)cc23)C1=O. The number of carbonyl (C=O) groups is 2. The van der Waals surface area contributed by atoms with E-state index < -0.39 is 21.6 Å². The molecule has 4 aromatic carbocycles. The molecule has 5 aromatic rings. The van der Waals surface area contributed by atoms with E-state index in [0.717, 1.165) is 33.3 Å². The first-order valence-corrected chi connectivity index (χ1v) is 16.8. The average Bonchev–Trinajstić information content (AvgIpc) is 3.69. The molecule has 0 radical (unpaired) electrons. The van der Waals surface area contributed by atoms with Crippen LogP contribution in [0.3, 0.4) is 0 Å². The van der Waals surface area contributed by atoms with E-state index >= 15 is 0 Å². The second-order valence-corrected chi connectivity index (χ2v) is 14.1. The summed E-state index contributed by atoms with van der Waals surface area (Å²) < 4.78 is 44.0. The molecule has 7 rings (SSSR count). The first kappa shape index (κ1) is 30.0. The highest BCUT2D eigenvalue weighted by Gasteiger charge is 2.44. The van der Waals surface area contributed by atoms with Gasteiger partial charge in [-0.05, 0) is 97.0 Å². The number of hydrogen-bond donors (Lipinski definition) is 2. The lowest BCUT2D eigenvalue weighted by Gasteiger charge is -2.24. The fourth-order valence-corrected chi connectivity index (χ4v) is 7.27. The molecule has 1 fully saturated rings. The summed E-state index contributed by atoms with van der Waals surface area (Å²) in [7, 11) is -2.26. The van der Waals surface area contributed by atoms with Crippen molar-refractivity contribution in [1.29, 1.82) is 0 Å². The monoisotopic (exact) mass is 656 g/mol. The van der Waals surface area contributed by atoms with Crippen molar-refractivity contribution >= 4 is 44.5 Å². The van der Waals surface area contributed by atoms with Crippen molar-refractivity contribution in [3.8, 4) is 16.8 Å². The molecule has 2 N–H and O–H groups in total. The zero-order chi connectivity index (χ0) is 32.2. The van der Waals surface area contributed by atoms with Gasteiger partial charge in [0.15, 0.2) is 0 Å². The second-order valence-electron chi connectivity index (χ2n) is 12.0. The maximum Gasteiger partial charge on any atom is 0.329 e. The van der Waals surface area contributed by atoms with Crippen LogP contribution < -0.4 is 10.0 Å². The van der Waals surface area contributed by atoms with E-state index in [1.165, 1.54) is 30.3 Å². The second kappa shape index (κ2) is 11.3. The molecular weight excluding hydrogens is 627 g/mol. The summed E-state index contributed by atoms with van der Waals surface area (Å²) in [5.74, 6) is -0.375. The molecular formula is C35H30ClFN4O4S. The third kappa shape index (κ3) is 5.52. The van der Waals surface area contributed by atoms with Gasteiger partial charge in [0.2, 0.25) is 0 Å². The minimum Gasteiger partial charge on any atom is -0.340 e. The molecule has 0 atom stereocenters. The largest absolute Gasteiger partial charge is 0.340 e. The maximum atomic E-state index is 14.7. The fourth-order valence-electron chi connectivity index (χ4n) is 6.24. The van der Waals surface area contributed by atoms with Crippen molar-refractivity contribution in [2.24, 2.45) is 0 Å². The summed E-state index contributed by atoms with van der Waals surface area (Å²) in [5, 5.41) is 4.17. The fraction of sp³-hybridized carbons (Fsp3) is 0.200. The van der Waals surface area contributed by atoms with Gasteiger partial charge in [0.25, 0.3) is 15.9 Å². The van der Waals surface area contributed by atoms with Crippen LogP contribution in [0.15, 0.2) is 95.9 Å². The van der Waals surface area contributed by atoms with Crippen molar-refractivity contribution in [2.45, 2.75) is 36.1 Å². The van der Waals surface area contributed by atoms with E-state index in [1.807, 2.05) is 47.0 Å². The number of sulfonamides is 1. The Morgan fingerprint density at radius 1 is 0.978 bits per heavy atom. The number of hydrogen-bond acceptors (Lipinski definition) is 4. The van der Waals surface area contributed by atoms with Crippen LogP contribution >= 0.6 is 11.6 Å². The van der Waals surface area contributed by atoms with Crippen LogP contribution in [0.25, 0.3) is 27.7 Å². The number of carbonyl (C=O) groups excluding carboxylic acids is 2. The van der Waals surface area contributed by atoms with Crippen molar-refractivity contribution in [2.75, 3.05) is 13.6 Å². The summed E-state index contributed by atoms with van der Waals surface area (Å²) >= 11 is 5.86. The van der Waals surface area contributed by atoms with E-state index in [1.54, 1.807) is 30.1 Å². The molecule has 2 heterocycles. The topological polar surface area (TPSA) is 101 Å². The Bertz CT molecular complexity index is 2120. The smallest absolute Gasteiger partial charge is 0.329 e. The number of aromatic nitrogens is 1. The number of halogens is 2. The van der Waals surface area contributed by atoms with Crippen molar-refractivity contribution in [1.82, 2.24) is 19.5 Å². The number of amides is 3. The van der Waals surface area contributed by atoms with Crippen LogP contribution in [-0.2, 0) is 22.9 Å². The van der Waals surface area contributed by atoms with Crippen LogP contribution in [0.1, 0.15) is 34.5 Å². The molecule has 1 saturated carbocycles. The molecule has 0 spiro atoms. The van der Waals surface area contributed by atoms with Crippen molar-refractivity contribution < 1.29 is 22.4 Å². The molecule has 1 aliphatic heterocycles. The van der Waals surface area contributed by atoms with E-state index in [2.05, 4.69) is 10.0 Å². The van der Waals surface area contributed by atoms with Gasteiger partial charge in [-0.15, -0.1) is 0 Å². The Balaban J connectivity index is 1.15. The van der Waals surface area contributed by atoms with Crippen LogP contribution in [0, 0.1) is 5.82 Å². The number of rotatable bonds is 7. The number of nitrogens with one attached hydrogen (secondary N) is 2. The Hall–Kier alpha value is -4.67. The average molecular weight is 657 g/mol. The Kier molecular flexibility index (Phi) is 7.37. The minimum atomic E-state index is -4.05. The standard InChI is InChI=1S/C35H30ClFN4O4S/c1-40-19-16-28-29-20-23(27-4-2-3-5-30(27)37)8-15-31(29)41(32(28)33(40)42)25-11-6-22(7-12-25)21-35(17-18-35)38-34(43)39-46(44,45)26-13-9-24(36)10-14-26/h2-15,20H,16-19,21H2,1H3,(H2,38,39,43). The molecule has 11 heteroatoms. The van der Waals surface area contributed by atoms with Gasteiger partial charge < -0.3 is 14.8 Å². The Labute approximate surface area is 270 Å². The first-order valence-electron chi connectivity index (χ1n) is 14.9. The zero-order valence-electron chi connectivity index (χ0n) is 24.9. The van der Waals surface area contributed by atoms with Gasteiger partial charge in [-0.25, -0.2) is 22.3 Å². The Morgan fingerprint density at radius 2 is 1.70 bits per heavy atom. The van der Waals surface area contributed by atoms with Gasteiger partial charge in [0.1, 0.15) is 11.5 Å². The molecule has 2 aliphatic rings. The molecule has 8 nitrogen and oxygen atoms in total. The van der Waals surface area contributed by atoms with Gasteiger partial charge >= 0.3 is 6.03 Å². The number of urea groups is 1. The van der Waals surface area contributed by atoms with E-state index in [0.29, 0.717) is 48.5 Å². The van der Waals surface area contributed by atoms with E-state index in [4.69, 9.17) is 11.6 Å². The third-order valence-electron chi connectivity index (χ3n) is 8.82. The predicted octanol–water partition coefficient (Wildman–Crippen LogP) is 6.48. The van der Waals surface area contributed by atoms with Gasteiger partial charge in [-0.2, -0.15) is 0 Å². The Morgan fingerprint density at radius 3 is 2.39 bits per heavy atom. The van der Waals surface area contributed by atoms with Crippen molar-refractivity contribution in [3.05, 3.63) is 119 Å². The molecule has 1 aliphatic carbocycles. The van der Waals surface area contributed by atoms with Crippen LogP contribution in [0.5, 0.6) is 0 Å². The lowest BCUT2D eigenvalue weighted by molar-refractivity contribution is 0.0773. The highest BCUT2D eigenvalue weighted by molar-refractivity contribution is 7.90. The molecule has 0 saturated heterocycles. The molecule has 0 unspecified atom stereocenters. The van der Waals surface area contributed by atoms with Gasteiger partial charge in [-0.1, -0.05) is 48.0 Å². The number of fused-ring (bicyclic) bond motifs is 3. The summed E-state index contributed by atoms with van der Waals surface area (Å²) in [6.45, 7) is 0.595. The molecule has 46 heavy (non-hydrogen) atoms. The normalized spacial score (nSPS) is 15.5. The summed E-state index contributed by atoms with van der Waals surface area (Å²) in [4.78, 5) is 27.9. The summed E-state index contributed by atoms with van der Waals surface area (Å²) in [6, 6.07) is 25.1. The summed E-state index contributed by atoms with van der Waals surface area (Å²) in [5.41, 5.74) is 4.87. The lowest BCUT2D eigenvalue weighted by atomic mass is 9.99. The highest BCUT2D eigenvalue weighted by atomic mass is 35.5. The van der Waals surface area contributed by atoms with Crippen LogP contribution in [0.4, 0.5) is 9.18 Å². The number of benzene rings is 4. The number of nitrogens with zero attached hydrogens (tertiary/aromatic N) is 2. The van der Waals surface area contributed by atoms with Crippen LogP contribution in [-0.4, -0.2) is 49.0 Å². The molecule has 234 valence electrons. The van der Waals surface area contributed by atoms with Gasteiger partial charge in [0.05, 0.1) is 10.4 Å². The number of likely N-dealkylation sites (N-methyl/N-ethyl adjacent to an activating group) is 1.